The first-order valence-corrected chi connectivity index (χ1v) is 8.11. The van der Waals surface area contributed by atoms with Crippen LogP contribution in [0.15, 0.2) is 24.3 Å². The maximum Gasteiger partial charge on any atom is 0.182 e. The summed E-state index contributed by atoms with van der Waals surface area (Å²) < 4.78 is 1.66. The van der Waals surface area contributed by atoms with Crippen LogP contribution in [0.25, 0.3) is 11.3 Å². The minimum Gasteiger partial charge on any atom is -0.292 e. The van der Waals surface area contributed by atoms with Gasteiger partial charge in [-0.15, -0.1) is 0 Å². The Balaban J connectivity index is 2.10. The third kappa shape index (κ3) is 2.94. The first kappa shape index (κ1) is 16.0. The number of carbonyl (C=O) groups is 1. The van der Waals surface area contributed by atoms with E-state index < -0.39 is 0 Å². The molecule has 1 aromatic heterocycles. The highest BCUT2D eigenvalue weighted by molar-refractivity contribution is 5.99. The lowest BCUT2D eigenvalue weighted by molar-refractivity contribution is 0.0963. The smallest absolute Gasteiger partial charge is 0.182 e. The van der Waals surface area contributed by atoms with Crippen LogP contribution in [0, 0.1) is 28.6 Å². The number of benzene rings is 1. The molecule has 120 valence electrons. The number of hydrogen-bond donors (Lipinski definition) is 0. The molecule has 0 spiro atoms. The second-order valence-corrected chi connectivity index (χ2v) is 6.48. The van der Waals surface area contributed by atoms with E-state index >= 15 is 0 Å². The fourth-order valence-electron chi connectivity index (χ4n) is 2.77. The number of Topliss-reactive ketones (excluding diaryl/α,β-unsaturated/α-hetero) is 1. The number of carbonyl (C=O) groups excluding carboxylic acids is 1. The second kappa shape index (κ2) is 6.29. The molecule has 0 atom stereocenters. The molecule has 1 saturated carbocycles. The van der Waals surface area contributed by atoms with E-state index in [1.807, 2.05) is 13.8 Å². The van der Waals surface area contributed by atoms with Crippen LogP contribution in [0.1, 0.15) is 60.8 Å². The second-order valence-electron chi connectivity index (χ2n) is 6.48. The Hall–Kier alpha value is -2.92. The van der Waals surface area contributed by atoms with E-state index in [4.69, 9.17) is 5.26 Å². The van der Waals surface area contributed by atoms with Gasteiger partial charge in [-0.05, 0) is 44.7 Å². The van der Waals surface area contributed by atoms with Gasteiger partial charge in [0.25, 0.3) is 0 Å². The van der Waals surface area contributed by atoms with Gasteiger partial charge in [-0.25, -0.2) is 0 Å². The van der Waals surface area contributed by atoms with Gasteiger partial charge in [0.1, 0.15) is 23.0 Å². The summed E-state index contributed by atoms with van der Waals surface area (Å²) in [4.78, 5) is 12.7. The number of nitriles is 2. The topological polar surface area (TPSA) is 82.5 Å². The van der Waals surface area contributed by atoms with Crippen LogP contribution >= 0.6 is 0 Å². The number of nitrogens with zero attached hydrogens (tertiary/aromatic N) is 4. The molecule has 0 saturated heterocycles. The van der Waals surface area contributed by atoms with Crippen molar-refractivity contribution in [2.45, 2.75) is 39.2 Å². The van der Waals surface area contributed by atoms with Crippen molar-refractivity contribution in [3.63, 3.8) is 0 Å². The van der Waals surface area contributed by atoms with Gasteiger partial charge in [-0.2, -0.15) is 15.6 Å². The van der Waals surface area contributed by atoms with Crippen molar-refractivity contribution in [1.29, 1.82) is 10.5 Å². The maximum atomic E-state index is 12.7. The molecule has 0 aliphatic heterocycles. The van der Waals surface area contributed by atoms with Gasteiger partial charge < -0.3 is 0 Å². The SMILES string of the molecule is CC(C)n1nc(-c2ccc(C#N)cc2)c(C#N)c1C(=O)CC1CC1. The highest BCUT2D eigenvalue weighted by Crippen LogP contribution is 2.35. The Morgan fingerprint density at radius 3 is 2.42 bits per heavy atom. The number of aromatic nitrogens is 2. The monoisotopic (exact) mass is 318 g/mol. The Labute approximate surface area is 141 Å². The summed E-state index contributed by atoms with van der Waals surface area (Å²) in [5.74, 6) is 0.452. The molecule has 5 nitrogen and oxygen atoms in total. The fourth-order valence-corrected chi connectivity index (χ4v) is 2.77. The van der Waals surface area contributed by atoms with Crippen molar-refractivity contribution in [3.05, 3.63) is 41.1 Å². The van der Waals surface area contributed by atoms with E-state index in [0.717, 1.165) is 18.4 Å². The summed E-state index contributed by atoms with van der Waals surface area (Å²) in [5, 5.41) is 23.1. The highest BCUT2D eigenvalue weighted by Gasteiger charge is 2.30. The molecule has 2 aromatic rings. The Morgan fingerprint density at radius 2 is 1.92 bits per heavy atom. The summed E-state index contributed by atoms with van der Waals surface area (Å²) in [7, 11) is 0. The van der Waals surface area contributed by atoms with Crippen molar-refractivity contribution in [2.24, 2.45) is 5.92 Å². The molecule has 24 heavy (non-hydrogen) atoms. The third-order valence-corrected chi connectivity index (χ3v) is 4.23. The van der Waals surface area contributed by atoms with E-state index in [9.17, 15) is 10.1 Å². The molecule has 5 heteroatoms. The van der Waals surface area contributed by atoms with Gasteiger partial charge in [0.2, 0.25) is 0 Å². The summed E-state index contributed by atoms with van der Waals surface area (Å²) >= 11 is 0. The summed E-state index contributed by atoms with van der Waals surface area (Å²) in [6.07, 6.45) is 2.66. The zero-order valence-corrected chi connectivity index (χ0v) is 13.8. The van der Waals surface area contributed by atoms with E-state index in [2.05, 4.69) is 17.2 Å². The van der Waals surface area contributed by atoms with Gasteiger partial charge in [-0.1, -0.05) is 12.1 Å². The lowest BCUT2D eigenvalue weighted by atomic mass is 10.0. The Bertz CT molecular complexity index is 858. The standard InChI is InChI=1S/C19H18N4O/c1-12(2)23-19(17(24)9-13-3-4-13)16(11-21)18(22-23)15-7-5-14(10-20)6-8-15/h5-8,12-13H,3-4,9H2,1-2H3. The Morgan fingerprint density at radius 1 is 1.25 bits per heavy atom. The molecule has 0 N–H and O–H groups in total. The summed E-state index contributed by atoms with van der Waals surface area (Å²) in [6.45, 7) is 3.90. The normalized spacial score (nSPS) is 13.5. The largest absolute Gasteiger partial charge is 0.292 e. The average molecular weight is 318 g/mol. The van der Waals surface area contributed by atoms with E-state index in [-0.39, 0.29) is 11.8 Å². The maximum absolute atomic E-state index is 12.7. The van der Waals surface area contributed by atoms with Crippen LogP contribution < -0.4 is 0 Å². The van der Waals surface area contributed by atoms with Crippen LogP contribution in [0.3, 0.4) is 0 Å². The van der Waals surface area contributed by atoms with Crippen molar-refractivity contribution in [3.8, 4) is 23.4 Å². The molecule has 1 heterocycles. The molecular weight excluding hydrogens is 300 g/mol. The van der Waals surface area contributed by atoms with Gasteiger partial charge in [0.05, 0.1) is 11.6 Å². The van der Waals surface area contributed by atoms with Crippen molar-refractivity contribution >= 4 is 5.78 Å². The molecule has 1 aliphatic carbocycles. The lowest BCUT2D eigenvalue weighted by Crippen LogP contribution is -2.14. The predicted octanol–water partition coefficient (Wildman–Crippen LogP) is 3.86. The molecule has 1 aromatic carbocycles. The zero-order chi connectivity index (χ0) is 17.3. The van der Waals surface area contributed by atoms with E-state index in [1.54, 1.807) is 28.9 Å². The van der Waals surface area contributed by atoms with Crippen LogP contribution in [0.5, 0.6) is 0 Å². The lowest BCUT2D eigenvalue weighted by Gasteiger charge is -2.09. The molecule has 3 rings (SSSR count). The van der Waals surface area contributed by atoms with Crippen LogP contribution in [0.4, 0.5) is 0 Å². The van der Waals surface area contributed by atoms with Gasteiger partial charge in [0.15, 0.2) is 5.78 Å². The van der Waals surface area contributed by atoms with Crippen molar-refractivity contribution in [2.75, 3.05) is 0 Å². The van der Waals surface area contributed by atoms with Crippen LogP contribution in [-0.4, -0.2) is 15.6 Å². The number of hydrogen-bond acceptors (Lipinski definition) is 4. The molecular formula is C19H18N4O. The molecule has 1 aliphatic rings. The summed E-state index contributed by atoms with van der Waals surface area (Å²) in [5.41, 5.74) is 2.55. The first-order chi connectivity index (χ1) is 11.5. The number of ketones is 1. The highest BCUT2D eigenvalue weighted by atomic mass is 16.1. The van der Waals surface area contributed by atoms with Gasteiger partial charge in [-0.3, -0.25) is 9.48 Å². The van der Waals surface area contributed by atoms with E-state index in [1.165, 1.54) is 0 Å². The minimum atomic E-state index is -0.0117. The minimum absolute atomic E-state index is 0.00450. The van der Waals surface area contributed by atoms with E-state index in [0.29, 0.717) is 34.9 Å². The third-order valence-electron chi connectivity index (χ3n) is 4.23. The van der Waals surface area contributed by atoms with Gasteiger partial charge in [0, 0.05) is 18.0 Å². The van der Waals surface area contributed by atoms with Crippen LogP contribution in [-0.2, 0) is 0 Å². The molecule has 0 unspecified atom stereocenters. The average Bonchev–Trinajstić information content (AvgIpc) is 3.30. The Kier molecular flexibility index (Phi) is 4.18. The molecule has 0 radical (unpaired) electrons. The van der Waals surface area contributed by atoms with Gasteiger partial charge >= 0.3 is 0 Å². The fraction of sp³-hybridized carbons (Fsp3) is 0.368. The molecule has 1 fully saturated rings. The summed E-state index contributed by atoms with van der Waals surface area (Å²) in [6, 6.07) is 11.1. The molecule has 0 amide bonds. The van der Waals surface area contributed by atoms with Crippen molar-refractivity contribution in [1.82, 2.24) is 9.78 Å². The molecule has 0 bridgehead atoms. The first-order valence-electron chi connectivity index (χ1n) is 8.11. The predicted molar refractivity (Wildman–Crippen MR) is 89.1 cm³/mol. The van der Waals surface area contributed by atoms with Crippen molar-refractivity contribution < 1.29 is 4.79 Å². The van der Waals surface area contributed by atoms with Crippen LogP contribution in [0.2, 0.25) is 0 Å². The zero-order valence-electron chi connectivity index (χ0n) is 13.8. The number of rotatable bonds is 5. The quantitative estimate of drug-likeness (QED) is 0.784.